The number of halogens is 5. The number of ether oxygens (including phenoxy) is 6. The standard InChI is InChI=1S/C25H30Cl2N4O3.C17H27ClN2O3.C8H4BrClN2/c1-2-10-32-11-12-33-13-14-34-21-16-19(26)15-20(17-21)30-6-8-31(9-7-30)24-18-28-29-25-22(24)4-3-5-23(25)27;1-2-7-21-8-9-22-10-11-23-17-13-15(18)12-16(14-17)20-5-3-19-4-6-20;9-6-4-11-12-8-5(6)2-1-3-7(8)10/h3-5,15-18H,2,6-14H2,1H3;12-14,19H,2-11H2,1H3;1-4H. The van der Waals surface area contributed by atoms with Crippen LogP contribution in [0.3, 0.4) is 0 Å². The van der Waals surface area contributed by atoms with Crippen LogP contribution in [-0.4, -0.2) is 139 Å². The molecular formula is C50H61BrCl4N8O6. The molecule has 2 aliphatic rings. The fraction of sp³-hybridized carbons (Fsp3) is 0.440. The van der Waals surface area contributed by atoms with Gasteiger partial charge in [0.05, 0.1) is 67.8 Å². The Morgan fingerprint density at radius 1 is 0.522 bits per heavy atom. The second-order valence-electron chi connectivity index (χ2n) is 15.8. The zero-order valence-electron chi connectivity index (χ0n) is 39.2. The number of hydrogen-bond acceptors (Lipinski definition) is 14. The van der Waals surface area contributed by atoms with Crippen LogP contribution in [0.5, 0.6) is 11.5 Å². The molecule has 2 aliphatic heterocycles. The largest absolute Gasteiger partial charge is 0.491 e. The van der Waals surface area contributed by atoms with Gasteiger partial charge in [0.2, 0.25) is 0 Å². The third-order valence-electron chi connectivity index (χ3n) is 10.8. The van der Waals surface area contributed by atoms with Gasteiger partial charge in [-0.25, -0.2) is 0 Å². The van der Waals surface area contributed by atoms with Crippen LogP contribution < -0.4 is 29.5 Å². The highest BCUT2D eigenvalue weighted by molar-refractivity contribution is 9.10. The summed E-state index contributed by atoms with van der Waals surface area (Å²) in [5, 5.41) is 24.0. The molecule has 0 aliphatic carbocycles. The first kappa shape index (κ1) is 54.3. The number of nitrogens with one attached hydrogen (secondary N) is 1. The lowest BCUT2D eigenvalue weighted by Crippen LogP contribution is -2.46. The smallest absolute Gasteiger partial charge is 0.122 e. The van der Waals surface area contributed by atoms with E-state index in [1.54, 1.807) is 12.3 Å². The van der Waals surface area contributed by atoms with Crippen molar-refractivity contribution in [3.63, 3.8) is 0 Å². The number of fused-ring (bicyclic) bond motifs is 2. The zero-order valence-corrected chi connectivity index (χ0v) is 43.8. The van der Waals surface area contributed by atoms with Gasteiger partial charge in [0.15, 0.2) is 0 Å². The van der Waals surface area contributed by atoms with Crippen LogP contribution in [0.1, 0.15) is 26.7 Å². The zero-order chi connectivity index (χ0) is 48.6. The molecule has 0 saturated carbocycles. The van der Waals surface area contributed by atoms with Gasteiger partial charge in [-0.3, -0.25) is 0 Å². The Morgan fingerprint density at radius 3 is 1.49 bits per heavy atom. The second-order valence-corrected chi connectivity index (χ2v) is 18.4. The molecule has 1 N–H and O–H groups in total. The quantitative estimate of drug-likeness (QED) is 0.0687. The Hall–Kier alpha value is -4.00. The summed E-state index contributed by atoms with van der Waals surface area (Å²) < 4.78 is 34.3. The van der Waals surface area contributed by atoms with E-state index in [2.05, 4.69) is 70.2 Å². The monoisotopic (exact) mass is 1090 g/mol. The van der Waals surface area contributed by atoms with Gasteiger partial charge in [-0.05, 0) is 65.2 Å². The number of anilines is 3. The first-order valence-electron chi connectivity index (χ1n) is 23.3. The molecule has 4 heterocycles. The Labute approximate surface area is 433 Å². The molecule has 0 amide bonds. The molecule has 4 aromatic carbocycles. The molecule has 14 nitrogen and oxygen atoms in total. The third kappa shape index (κ3) is 17.7. The summed E-state index contributed by atoms with van der Waals surface area (Å²) in [6.07, 6.45) is 5.52. The van der Waals surface area contributed by atoms with Crippen LogP contribution in [0.4, 0.5) is 17.1 Å². The Balaban J connectivity index is 0.000000191. The minimum absolute atomic E-state index is 0.464. The predicted octanol–water partition coefficient (Wildman–Crippen LogP) is 10.7. The Morgan fingerprint density at radius 2 is 0.971 bits per heavy atom. The highest BCUT2D eigenvalue weighted by Gasteiger charge is 2.21. The van der Waals surface area contributed by atoms with Gasteiger partial charge < -0.3 is 48.4 Å². The van der Waals surface area contributed by atoms with Crippen molar-refractivity contribution in [2.24, 2.45) is 0 Å². The number of benzene rings is 4. The fourth-order valence-corrected chi connectivity index (χ4v) is 8.70. The van der Waals surface area contributed by atoms with E-state index in [1.807, 2.05) is 72.9 Å². The number of piperazine rings is 2. The maximum Gasteiger partial charge on any atom is 0.122 e. The molecule has 372 valence electrons. The molecule has 0 spiro atoms. The van der Waals surface area contributed by atoms with Gasteiger partial charge >= 0.3 is 0 Å². The summed E-state index contributed by atoms with van der Waals surface area (Å²) >= 11 is 28.2. The van der Waals surface area contributed by atoms with Crippen molar-refractivity contribution in [1.29, 1.82) is 0 Å². The van der Waals surface area contributed by atoms with Crippen LogP contribution in [0.25, 0.3) is 21.8 Å². The average Bonchev–Trinajstić information content (AvgIpc) is 3.36. The van der Waals surface area contributed by atoms with Gasteiger partial charge in [-0.1, -0.05) is 84.5 Å². The van der Waals surface area contributed by atoms with Gasteiger partial charge in [0, 0.05) is 114 Å². The lowest BCUT2D eigenvalue weighted by atomic mass is 10.1. The van der Waals surface area contributed by atoms with E-state index < -0.39 is 0 Å². The van der Waals surface area contributed by atoms with Crippen LogP contribution in [0.15, 0.2) is 89.7 Å². The van der Waals surface area contributed by atoms with E-state index in [-0.39, 0.29) is 0 Å². The number of aromatic nitrogens is 4. The molecule has 6 aromatic rings. The van der Waals surface area contributed by atoms with E-state index in [9.17, 15) is 0 Å². The van der Waals surface area contributed by atoms with Crippen molar-refractivity contribution >= 4 is 101 Å². The Bertz CT molecular complexity index is 2430. The Kier molecular flexibility index (Phi) is 23.6. The summed E-state index contributed by atoms with van der Waals surface area (Å²) in [5.74, 6) is 1.53. The number of hydrogen-bond donors (Lipinski definition) is 1. The molecule has 0 bridgehead atoms. The number of nitrogens with zero attached hydrogens (tertiary/aromatic N) is 7. The summed E-state index contributed by atoms with van der Waals surface area (Å²) in [6.45, 7) is 17.6. The third-order valence-corrected chi connectivity index (χ3v) is 12.5. The topological polar surface area (TPSA) is 129 Å². The molecular weight excluding hydrogens is 1030 g/mol. The van der Waals surface area contributed by atoms with Crippen molar-refractivity contribution in [2.45, 2.75) is 26.7 Å². The summed E-state index contributed by atoms with van der Waals surface area (Å²) in [5.41, 5.74) is 4.69. The van der Waals surface area contributed by atoms with Crippen molar-refractivity contribution in [3.8, 4) is 11.5 Å². The SMILES string of the molecule is CCCOCCOCCOc1cc(Cl)cc(N2CCN(c3cnnc4c(Cl)cccc34)CC2)c1.CCCOCCOCCOc1cc(Cl)cc(N2CCNCC2)c1.Clc1cccc2c(Br)cnnc12. The number of rotatable bonds is 21. The molecule has 0 radical (unpaired) electrons. The maximum atomic E-state index is 6.39. The highest BCUT2D eigenvalue weighted by Crippen LogP contribution is 2.33. The fourth-order valence-electron chi connectivity index (χ4n) is 7.43. The van der Waals surface area contributed by atoms with Gasteiger partial charge in [0.25, 0.3) is 0 Å². The van der Waals surface area contributed by atoms with Crippen molar-refractivity contribution in [3.05, 3.63) is 110 Å². The highest BCUT2D eigenvalue weighted by atomic mass is 79.9. The summed E-state index contributed by atoms with van der Waals surface area (Å²) in [4.78, 5) is 6.96. The first-order chi connectivity index (χ1) is 33.7. The van der Waals surface area contributed by atoms with Crippen LogP contribution in [-0.2, 0) is 18.9 Å². The molecule has 2 aromatic heterocycles. The maximum absolute atomic E-state index is 6.39. The first-order valence-corrected chi connectivity index (χ1v) is 25.6. The van der Waals surface area contributed by atoms with E-state index >= 15 is 0 Å². The minimum Gasteiger partial charge on any atom is -0.491 e. The summed E-state index contributed by atoms with van der Waals surface area (Å²) in [7, 11) is 0. The van der Waals surface area contributed by atoms with E-state index in [4.69, 9.17) is 74.8 Å². The average molecular weight is 1090 g/mol. The second kappa shape index (κ2) is 30.0. The van der Waals surface area contributed by atoms with E-state index in [0.717, 1.165) is 133 Å². The van der Waals surface area contributed by atoms with Gasteiger partial charge in [-0.15, -0.1) is 10.2 Å². The minimum atomic E-state index is 0.464. The summed E-state index contributed by atoms with van der Waals surface area (Å²) in [6, 6.07) is 23.2. The molecule has 2 saturated heterocycles. The predicted molar refractivity (Wildman–Crippen MR) is 284 cm³/mol. The normalized spacial score (nSPS) is 13.8. The van der Waals surface area contributed by atoms with Crippen LogP contribution >= 0.6 is 62.3 Å². The van der Waals surface area contributed by atoms with Crippen molar-refractivity contribution in [2.75, 3.05) is 133 Å². The molecule has 69 heavy (non-hydrogen) atoms. The van der Waals surface area contributed by atoms with Crippen molar-refractivity contribution < 1.29 is 28.4 Å². The molecule has 19 heteroatoms. The van der Waals surface area contributed by atoms with Crippen molar-refractivity contribution in [1.82, 2.24) is 25.7 Å². The van der Waals surface area contributed by atoms with Gasteiger partial charge in [0.1, 0.15) is 35.7 Å². The molecule has 0 unspecified atom stereocenters. The molecule has 8 rings (SSSR count). The van der Waals surface area contributed by atoms with E-state index in [0.29, 0.717) is 72.9 Å². The van der Waals surface area contributed by atoms with E-state index in [1.165, 1.54) is 0 Å². The van der Waals surface area contributed by atoms with Gasteiger partial charge in [-0.2, -0.15) is 10.2 Å². The van der Waals surface area contributed by atoms with Crippen LogP contribution in [0.2, 0.25) is 20.1 Å². The lowest BCUT2D eigenvalue weighted by Gasteiger charge is -2.37. The molecule has 0 atom stereocenters. The molecule has 2 fully saturated rings. The van der Waals surface area contributed by atoms with Crippen LogP contribution in [0, 0.1) is 0 Å². The lowest BCUT2D eigenvalue weighted by molar-refractivity contribution is 0.0366.